The summed E-state index contributed by atoms with van der Waals surface area (Å²) in [6.45, 7) is 0. The van der Waals surface area contributed by atoms with Crippen LogP contribution in [0.25, 0.3) is 286 Å². The lowest BCUT2D eigenvalue weighted by Crippen LogP contribution is -1.94. The summed E-state index contributed by atoms with van der Waals surface area (Å²) in [6, 6.07) is 195. The third kappa shape index (κ3) is 14.2. The molecule has 0 N–H and O–H groups in total. The molecule has 31 rings (SSSR count). The Morgan fingerprint density at radius 2 is 0.345 bits per heavy atom. The molecule has 148 heavy (non-hydrogen) atoms. The first-order chi connectivity index (χ1) is 73.4. The summed E-state index contributed by atoms with van der Waals surface area (Å²) < 4.78 is 9.51. The molecular formula is C141H89N7. The molecule has 31 aromatic rings. The number of benzene rings is 24. The molecule has 24 aromatic carbocycles. The van der Waals surface area contributed by atoms with Crippen molar-refractivity contribution in [2.24, 2.45) is 0 Å². The van der Waals surface area contributed by atoms with Gasteiger partial charge in [-0.25, -0.2) is 15.0 Å². The van der Waals surface area contributed by atoms with Gasteiger partial charge in [-0.1, -0.05) is 394 Å². The molecule has 0 fully saturated rings. The van der Waals surface area contributed by atoms with E-state index in [1.807, 2.05) is 0 Å². The van der Waals surface area contributed by atoms with E-state index in [2.05, 4.69) is 558 Å². The van der Waals surface area contributed by atoms with E-state index >= 15 is 0 Å². The van der Waals surface area contributed by atoms with Crippen molar-refractivity contribution in [2.45, 2.75) is 0 Å². The normalized spacial score (nSPS) is 11.8. The van der Waals surface area contributed by atoms with Gasteiger partial charge in [0.1, 0.15) is 0 Å². The summed E-state index contributed by atoms with van der Waals surface area (Å²) >= 11 is 0. The average Bonchev–Trinajstić information content (AvgIpc) is 1.56. The van der Waals surface area contributed by atoms with E-state index in [-0.39, 0.29) is 0 Å². The average molecular weight is 1880 g/mol. The van der Waals surface area contributed by atoms with Crippen molar-refractivity contribution >= 4 is 185 Å². The van der Waals surface area contributed by atoms with E-state index in [0.29, 0.717) is 0 Å². The summed E-state index contributed by atoms with van der Waals surface area (Å²) in [5.41, 5.74) is 33.3. The van der Waals surface area contributed by atoms with Gasteiger partial charge in [-0.05, 0) is 222 Å². The molecule has 0 aliphatic heterocycles. The molecule has 0 spiro atoms. The number of hydrogen-bond acceptors (Lipinski definition) is 3. The summed E-state index contributed by atoms with van der Waals surface area (Å²) in [5.74, 6) is 0. The number of pyridine rings is 3. The Hall–Kier alpha value is -19.7. The van der Waals surface area contributed by atoms with E-state index in [4.69, 9.17) is 15.0 Å². The third-order valence-corrected chi connectivity index (χ3v) is 30.4. The Labute approximate surface area is 852 Å². The maximum atomic E-state index is 5.25. The van der Waals surface area contributed by atoms with Crippen LogP contribution in [-0.4, -0.2) is 33.2 Å². The molecule has 0 aliphatic carbocycles. The third-order valence-electron chi connectivity index (χ3n) is 30.4. The van der Waals surface area contributed by atoms with Crippen molar-refractivity contribution in [2.75, 3.05) is 0 Å². The van der Waals surface area contributed by atoms with Crippen molar-refractivity contribution in [3.63, 3.8) is 0 Å². The van der Waals surface area contributed by atoms with Crippen molar-refractivity contribution in [3.05, 3.63) is 540 Å². The van der Waals surface area contributed by atoms with E-state index in [0.717, 1.165) is 56.0 Å². The van der Waals surface area contributed by atoms with Crippen LogP contribution in [0, 0.1) is 0 Å². The Kier molecular flexibility index (Phi) is 20.2. The van der Waals surface area contributed by atoms with Crippen molar-refractivity contribution in [1.29, 1.82) is 0 Å². The number of fused-ring (bicyclic) bond motifs is 27. The maximum Gasteiger partial charge on any atom is 0.0788 e. The monoisotopic (exact) mass is 1880 g/mol. The zero-order valence-corrected chi connectivity index (χ0v) is 80.5. The van der Waals surface area contributed by atoms with E-state index in [1.165, 1.54) is 230 Å². The maximum absolute atomic E-state index is 5.25. The molecule has 0 saturated heterocycles. The van der Waals surface area contributed by atoms with Gasteiger partial charge in [0, 0.05) is 131 Å². The van der Waals surface area contributed by atoms with Crippen LogP contribution in [0.2, 0.25) is 0 Å². The highest BCUT2D eigenvalue weighted by atomic mass is 15.0. The SMILES string of the molecule is c1ccc(-n2c3ccccc3c3cc(-c4ccc(-c5nc6ccccc6c6c5ccc5ccccc56)cc4)ccc32)cc1.c1ccc(-n2c3ccccc3c3cc(-c4ccc5c(c4)c4ccccc4n5-c4cccc(-c5ccc(-c6nc7ccccc7c7c6ccc6ccccc67)cc5)c4)ccc32)cc1.c1ccc(-n2c3ccccc3c3cc(-c4cccc(-c5nc6ccccc6c6c5ccc5ccccc56)c4)ccc32)cc1. The van der Waals surface area contributed by atoms with Crippen LogP contribution in [0.3, 0.4) is 0 Å². The molecule has 0 atom stereocenters. The number of para-hydroxylation sites is 10. The van der Waals surface area contributed by atoms with Crippen LogP contribution in [0.4, 0.5) is 0 Å². The lowest BCUT2D eigenvalue weighted by atomic mass is 9.94. The Morgan fingerprint density at radius 1 is 0.115 bits per heavy atom. The van der Waals surface area contributed by atoms with Crippen LogP contribution in [-0.2, 0) is 0 Å². The minimum atomic E-state index is 1.01. The molecule has 7 heterocycles. The fourth-order valence-electron chi connectivity index (χ4n) is 23.6. The minimum Gasteiger partial charge on any atom is -0.309 e. The Morgan fingerprint density at radius 3 is 0.689 bits per heavy atom. The highest BCUT2D eigenvalue weighted by Gasteiger charge is 2.24. The Balaban J connectivity index is 0.000000107. The molecule has 0 unspecified atom stereocenters. The largest absolute Gasteiger partial charge is 0.309 e. The molecule has 0 saturated carbocycles. The fourth-order valence-corrected chi connectivity index (χ4v) is 23.6. The minimum absolute atomic E-state index is 1.01. The second kappa shape index (κ2) is 35.2. The standard InChI is InChI=1S/C59H37N3.2C41H26N2/c1-2-15-44(16-3-1)61-54-23-10-7-19-47(54)51-36-42(30-33-56(51)61)43-31-34-57-52(37-43)48-20-8-11-24-55(48)62(57)45-17-12-14-41(35-45)38-25-27-40(28-26-38)59-50-32-29-39-13-4-5-18-46(39)58(50)49-21-6-9-22-53(49)60-59;1-2-14-31(15-3-1)43-38-20-9-7-17-33(38)36-26-29(22-24-39(36)43)28-12-10-13-30(25-28)41-35-23-21-27-11-4-5-16-32(27)40(35)34-18-6-8-19-37(34)42-41;1-2-11-31(12-3-1)43-38-17-9-7-14-33(38)36-26-30(23-25-39(36)43)27-18-20-29(21-19-27)41-35-24-22-28-10-4-5-13-32(28)40(35)34-15-6-8-16-37(34)42-41/h1-37H;2*1-26H. The molecule has 7 nitrogen and oxygen atoms in total. The predicted octanol–water partition coefficient (Wildman–Crippen LogP) is 37.7. The second-order valence-electron chi connectivity index (χ2n) is 38.7. The summed E-state index contributed by atoms with van der Waals surface area (Å²) in [5, 5.41) is 28.4. The number of hydrogen-bond donors (Lipinski definition) is 0. The van der Waals surface area contributed by atoms with Crippen LogP contribution in [0.5, 0.6) is 0 Å². The predicted molar refractivity (Wildman–Crippen MR) is 626 cm³/mol. The van der Waals surface area contributed by atoms with Crippen LogP contribution >= 0.6 is 0 Å². The Bertz CT molecular complexity index is 10800. The summed E-state index contributed by atoms with van der Waals surface area (Å²) in [4.78, 5) is 15.7. The smallest absolute Gasteiger partial charge is 0.0788 e. The van der Waals surface area contributed by atoms with Gasteiger partial charge < -0.3 is 18.3 Å². The van der Waals surface area contributed by atoms with E-state index < -0.39 is 0 Å². The molecule has 688 valence electrons. The summed E-state index contributed by atoms with van der Waals surface area (Å²) in [7, 11) is 0. The first kappa shape index (κ1) is 85.1. The van der Waals surface area contributed by atoms with Gasteiger partial charge in [0.2, 0.25) is 0 Å². The molecule has 0 amide bonds. The van der Waals surface area contributed by atoms with Crippen LogP contribution in [0.15, 0.2) is 540 Å². The second-order valence-corrected chi connectivity index (χ2v) is 38.7. The van der Waals surface area contributed by atoms with Gasteiger partial charge in [0.05, 0.1) is 77.8 Å². The highest BCUT2D eigenvalue weighted by molar-refractivity contribution is 6.26. The van der Waals surface area contributed by atoms with Gasteiger partial charge >= 0.3 is 0 Å². The highest BCUT2D eigenvalue weighted by Crippen LogP contribution is 2.47. The molecular weight excluding hydrogens is 1790 g/mol. The number of nitrogens with zero attached hydrogens (tertiary/aromatic N) is 7. The topological polar surface area (TPSA) is 58.4 Å². The van der Waals surface area contributed by atoms with E-state index in [9.17, 15) is 0 Å². The van der Waals surface area contributed by atoms with Crippen molar-refractivity contribution in [3.8, 4) is 101 Å². The lowest BCUT2D eigenvalue weighted by molar-refractivity contribution is 1.18. The first-order valence-electron chi connectivity index (χ1n) is 50.8. The van der Waals surface area contributed by atoms with Crippen LogP contribution < -0.4 is 0 Å². The molecule has 0 radical (unpaired) electrons. The molecule has 0 aliphatic rings. The first-order valence-corrected chi connectivity index (χ1v) is 50.8. The lowest BCUT2D eigenvalue weighted by Gasteiger charge is -2.13. The van der Waals surface area contributed by atoms with Gasteiger partial charge in [0.15, 0.2) is 0 Å². The zero-order chi connectivity index (χ0) is 97.4. The molecule has 7 heteroatoms. The van der Waals surface area contributed by atoms with Crippen molar-refractivity contribution in [1.82, 2.24) is 33.2 Å². The zero-order valence-electron chi connectivity index (χ0n) is 80.5. The van der Waals surface area contributed by atoms with Gasteiger partial charge in [-0.2, -0.15) is 0 Å². The van der Waals surface area contributed by atoms with Gasteiger partial charge in [-0.3, -0.25) is 0 Å². The van der Waals surface area contributed by atoms with E-state index in [1.54, 1.807) is 0 Å². The molecule has 0 bridgehead atoms. The van der Waals surface area contributed by atoms with Crippen LogP contribution in [0.1, 0.15) is 0 Å². The number of rotatable bonds is 11. The van der Waals surface area contributed by atoms with Crippen molar-refractivity contribution < 1.29 is 0 Å². The molecule has 7 aromatic heterocycles. The summed E-state index contributed by atoms with van der Waals surface area (Å²) in [6.07, 6.45) is 0. The fraction of sp³-hybridized carbons (Fsp3) is 0. The van der Waals surface area contributed by atoms with Gasteiger partial charge in [0.25, 0.3) is 0 Å². The van der Waals surface area contributed by atoms with Gasteiger partial charge in [-0.15, -0.1) is 0 Å². The number of aromatic nitrogens is 7. The quantitative estimate of drug-likeness (QED) is 0.121.